The summed E-state index contributed by atoms with van der Waals surface area (Å²) in [4.78, 5) is 24.2. The second-order valence-corrected chi connectivity index (χ2v) is 5.22. The zero-order chi connectivity index (χ0) is 14.6. The SMILES string of the molecule is CCC(=O)[C@]1(C/C(C)=N\NC(N)=S)C[C@H](C)OC1=O. The number of hydrazone groups is 1. The summed E-state index contributed by atoms with van der Waals surface area (Å²) in [6.07, 6.45) is 0.647. The maximum Gasteiger partial charge on any atom is 0.320 e. The Morgan fingerprint density at radius 1 is 1.68 bits per heavy atom. The summed E-state index contributed by atoms with van der Waals surface area (Å²) in [5.74, 6) is -0.580. The monoisotopic (exact) mass is 285 g/mol. The summed E-state index contributed by atoms with van der Waals surface area (Å²) < 4.78 is 5.14. The van der Waals surface area contributed by atoms with E-state index in [1.54, 1.807) is 20.8 Å². The molecule has 2 atom stereocenters. The van der Waals surface area contributed by atoms with Gasteiger partial charge in [-0.1, -0.05) is 6.92 Å². The Hall–Kier alpha value is -1.50. The van der Waals surface area contributed by atoms with E-state index in [0.717, 1.165) is 0 Å². The summed E-state index contributed by atoms with van der Waals surface area (Å²) in [6, 6.07) is 0. The van der Waals surface area contributed by atoms with Crippen molar-refractivity contribution in [2.45, 2.75) is 46.1 Å². The first-order chi connectivity index (χ1) is 8.81. The third-order valence-corrected chi connectivity index (χ3v) is 3.20. The van der Waals surface area contributed by atoms with Crippen LogP contribution < -0.4 is 11.2 Å². The number of hydrogen-bond acceptors (Lipinski definition) is 5. The number of nitrogens with one attached hydrogen (secondary N) is 1. The fourth-order valence-corrected chi connectivity index (χ4v) is 2.39. The lowest BCUT2D eigenvalue weighted by atomic mass is 9.75. The molecule has 6 nitrogen and oxygen atoms in total. The highest BCUT2D eigenvalue weighted by Crippen LogP contribution is 2.39. The van der Waals surface area contributed by atoms with Gasteiger partial charge in [0, 0.05) is 25.0 Å². The summed E-state index contributed by atoms with van der Waals surface area (Å²) in [5, 5.41) is 3.99. The molecule has 1 aliphatic rings. The topological polar surface area (TPSA) is 93.8 Å². The van der Waals surface area contributed by atoms with Crippen LogP contribution in [0, 0.1) is 5.41 Å². The van der Waals surface area contributed by atoms with Gasteiger partial charge < -0.3 is 10.5 Å². The molecular formula is C12H19N3O3S. The smallest absolute Gasteiger partial charge is 0.320 e. The number of Topliss-reactive ketones (excluding diaryl/α,β-unsaturated/α-hetero) is 1. The quantitative estimate of drug-likeness (QED) is 0.256. The number of nitrogens with two attached hydrogens (primary N) is 1. The Morgan fingerprint density at radius 2 is 2.32 bits per heavy atom. The second-order valence-electron chi connectivity index (χ2n) is 4.78. The van der Waals surface area contributed by atoms with Crippen LogP contribution in [0.5, 0.6) is 0 Å². The molecule has 0 spiro atoms. The van der Waals surface area contributed by atoms with Gasteiger partial charge >= 0.3 is 5.97 Å². The molecule has 106 valence electrons. The molecule has 0 radical (unpaired) electrons. The summed E-state index contributed by atoms with van der Waals surface area (Å²) in [5.41, 5.74) is 7.20. The standard InChI is InChI=1S/C12H19N3O3S/c1-4-9(16)12(6-8(3)18-10(12)17)5-7(2)14-15-11(13)19/h8H,4-6H2,1-3H3,(H3,13,15,19)/b14-7-/t8-,12-/m0/s1. The molecule has 7 heteroatoms. The van der Waals surface area contributed by atoms with Gasteiger partial charge in [-0.3, -0.25) is 15.0 Å². The third kappa shape index (κ3) is 3.50. The second kappa shape index (κ2) is 6.10. The highest BCUT2D eigenvalue weighted by molar-refractivity contribution is 7.80. The first kappa shape index (κ1) is 15.6. The Labute approximate surface area is 117 Å². The van der Waals surface area contributed by atoms with Crippen LogP contribution in [0.2, 0.25) is 0 Å². The molecule has 3 N–H and O–H groups in total. The molecule has 0 aromatic heterocycles. The van der Waals surface area contributed by atoms with Gasteiger partial charge in [-0.2, -0.15) is 5.10 Å². The normalized spacial score (nSPS) is 27.0. The molecule has 0 aliphatic carbocycles. The van der Waals surface area contributed by atoms with E-state index in [4.69, 9.17) is 10.5 Å². The molecule has 0 bridgehead atoms. The Bertz CT molecular complexity index is 426. The van der Waals surface area contributed by atoms with Crippen LogP contribution in [0.1, 0.15) is 40.0 Å². The highest BCUT2D eigenvalue weighted by atomic mass is 32.1. The molecule has 0 unspecified atom stereocenters. The summed E-state index contributed by atoms with van der Waals surface area (Å²) >= 11 is 4.64. The van der Waals surface area contributed by atoms with Gasteiger partial charge in [-0.25, -0.2) is 0 Å². The van der Waals surface area contributed by atoms with Gasteiger partial charge in [0.2, 0.25) is 0 Å². The molecule has 0 aromatic carbocycles. The van der Waals surface area contributed by atoms with Crippen LogP contribution in [0.3, 0.4) is 0 Å². The Balaban J connectivity index is 2.94. The third-order valence-electron chi connectivity index (χ3n) is 3.10. The van der Waals surface area contributed by atoms with Gasteiger partial charge in [-0.15, -0.1) is 0 Å². The van der Waals surface area contributed by atoms with E-state index in [-0.39, 0.29) is 29.8 Å². The molecule has 1 rings (SSSR count). The Morgan fingerprint density at radius 3 is 2.74 bits per heavy atom. The maximum absolute atomic E-state index is 12.1. The highest BCUT2D eigenvalue weighted by Gasteiger charge is 2.52. The van der Waals surface area contributed by atoms with Gasteiger partial charge in [0.15, 0.2) is 5.11 Å². The van der Waals surface area contributed by atoms with Crippen molar-refractivity contribution in [2.75, 3.05) is 0 Å². The Kier molecular flexibility index (Phi) is 4.99. The number of esters is 1. The van der Waals surface area contributed by atoms with E-state index >= 15 is 0 Å². The van der Waals surface area contributed by atoms with E-state index in [0.29, 0.717) is 12.1 Å². The van der Waals surface area contributed by atoms with E-state index in [9.17, 15) is 9.59 Å². The molecule has 1 fully saturated rings. The van der Waals surface area contributed by atoms with Crippen LogP contribution in [0.15, 0.2) is 5.10 Å². The zero-order valence-corrected chi connectivity index (χ0v) is 12.2. The van der Waals surface area contributed by atoms with Crippen LogP contribution in [0.4, 0.5) is 0 Å². The van der Waals surface area contributed by atoms with Crippen LogP contribution in [0.25, 0.3) is 0 Å². The van der Waals surface area contributed by atoms with Crippen molar-refractivity contribution in [3.8, 4) is 0 Å². The molecule has 0 aromatic rings. The van der Waals surface area contributed by atoms with Crippen molar-refractivity contribution in [1.29, 1.82) is 0 Å². The predicted octanol–water partition coefficient (Wildman–Crippen LogP) is 0.887. The van der Waals surface area contributed by atoms with Crippen LogP contribution >= 0.6 is 12.2 Å². The molecule has 19 heavy (non-hydrogen) atoms. The van der Waals surface area contributed by atoms with E-state index in [2.05, 4.69) is 22.7 Å². The molecule has 1 aliphatic heterocycles. The summed E-state index contributed by atoms with van der Waals surface area (Å²) in [7, 11) is 0. The van der Waals surface area contributed by atoms with Crippen LogP contribution in [-0.4, -0.2) is 28.7 Å². The van der Waals surface area contributed by atoms with Crippen molar-refractivity contribution in [3.63, 3.8) is 0 Å². The molecule has 0 saturated carbocycles. The number of thiocarbonyl (C=S) groups is 1. The van der Waals surface area contributed by atoms with Crippen molar-refractivity contribution in [3.05, 3.63) is 0 Å². The molecule has 1 heterocycles. The number of rotatable bonds is 5. The van der Waals surface area contributed by atoms with Crippen molar-refractivity contribution in [2.24, 2.45) is 16.3 Å². The molecular weight excluding hydrogens is 266 g/mol. The predicted molar refractivity (Wildman–Crippen MR) is 75.5 cm³/mol. The number of cyclic esters (lactones) is 1. The fourth-order valence-electron chi connectivity index (χ4n) is 2.35. The van der Waals surface area contributed by atoms with Crippen molar-refractivity contribution in [1.82, 2.24) is 5.43 Å². The van der Waals surface area contributed by atoms with Crippen molar-refractivity contribution >= 4 is 34.8 Å². The first-order valence-corrected chi connectivity index (χ1v) is 6.55. The van der Waals surface area contributed by atoms with Crippen LogP contribution in [-0.2, 0) is 14.3 Å². The van der Waals surface area contributed by atoms with E-state index in [1.165, 1.54) is 0 Å². The number of hydrogen-bond donors (Lipinski definition) is 2. The minimum Gasteiger partial charge on any atom is -0.462 e. The van der Waals surface area contributed by atoms with Gasteiger partial charge in [0.05, 0.1) is 0 Å². The zero-order valence-electron chi connectivity index (χ0n) is 11.4. The lowest BCUT2D eigenvalue weighted by molar-refractivity contribution is -0.152. The summed E-state index contributed by atoms with van der Waals surface area (Å²) in [6.45, 7) is 5.23. The average molecular weight is 285 g/mol. The minimum absolute atomic E-state index is 0.0394. The van der Waals surface area contributed by atoms with E-state index in [1.807, 2.05) is 0 Å². The number of ether oxygens (including phenoxy) is 1. The number of carbonyl (C=O) groups is 2. The average Bonchev–Trinajstić information content (AvgIpc) is 2.61. The van der Waals surface area contributed by atoms with E-state index < -0.39 is 11.4 Å². The number of ketones is 1. The van der Waals surface area contributed by atoms with Gasteiger partial charge in [0.1, 0.15) is 17.3 Å². The first-order valence-electron chi connectivity index (χ1n) is 6.15. The fraction of sp³-hybridized carbons (Fsp3) is 0.667. The maximum atomic E-state index is 12.1. The number of nitrogens with zero attached hydrogens (tertiary/aromatic N) is 1. The lowest BCUT2D eigenvalue weighted by Gasteiger charge is -2.22. The molecule has 0 amide bonds. The number of carbonyl (C=O) groups excluding carboxylic acids is 2. The van der Waals surface area contributed by atoms with Crippen molar-refractivity contribution < 1.29 is 14.3 Å². The van der Waals surface area contributed by atoms with Gasteiger partial charge in [0.25, 0.3) is 0 Å². The van der Waals surface area contributed by atoms with Gasteiger partial charge in [-0.05, 0) is 26.1 Å². The lowest BCUT2D eigenvalue weighted by Crippen LogP contribution is -2.38. The largest absolute Gasteiger partial charge is 0.462 e. The molecule has 1 saturated heterocycles. The minimum atomic E-state index is -1.11.